The molecular formula is C13H20N4O2. The predicted octanol–water partition coefficient (Wildman–Crippen LogP) is -0.0318. The van der Waals surface area contributed by atoms with Gasteiger partial charge >= 0.3 is 0 Å². The number of carbonyl (C=O) groups is 1. The molecule has 2 saturated heterocycles. The number of carbonyl (C=O) groups excluding carboxylic acids is 1. The Kier molecular flexibility index (Phi) is 3.54. The standard InChI is InChI=1S/C13H20N4O2/c1-2-19-8-12-9-6-17(7-11(9)15-16-12)13(18)10-4-3-5-14-10/h3-5,9,11-12,14-16H,2,6-8H2,1H3. The zero-order valence-corrected chi connectivity index (χ0v) is 11.1. The summed E-state index contributed by atoms with van der Waals surface area (Å²) in [5.41, 5.74) is 7.20. The molecule has 3 N–H and O–H groups in total. The molecule has 0 aliphatic carbocycles. The van der Waals surface area contributed by atoms with Crippen LogP contribution < -0.4 is 10.9 Å². The number of hydrogen-bond donors (Lipinski definition) is 3. The molecule has 3 rings (SSSR count). The van der Waals surface area contributed by atoms with Crippen LogP contribution in [0, 0.1) is 5.92 Å². The number of hydrazine groups is 1. The highest BCUT2D eigenvalue weighted by Gasteiger charge is 2.44. The highest BCUT2D eigenvalue weighted by Crippen LogP contribution is 2.25. The maximum absolute atomic E-state index is 12.3. The van der Waals surface area contributed by atoms with Crippen molar-refractivity contribution in [2.75, 3.05) is 26.3 Å². The van der Waals surface area contributed by atoms with Crippen molar-refractivity contribution in [1.29, 1.82) is 0 Å². The van der Waals surface area contributed by atoms with Crippen LogP contribution in [0.2, 0.25) is 0 Å². The van der Waals surface area contributed by atoms with Crippen molar-refractivity contribution in [3.05, 3.63) is 24.0 Å². The van der Waals surface area contributed by atoms with Crippen LogP contribution in [0.15, 0.2) is 18.3 Å². The van der Waals surface area contributed by atoms with Gasteiger partial charge in [0.15, 0.2) is 0 Å². The van der Waals surface area contributed by atoms with Crippen LogP contribution >= 0.6 is 0 Å². The maximum Gasteiger partial charge on any atom is 0.270 e. The molecule has 2 aliphatic heterocycles. The Bertz CT molecular complexity index is 434. The van der Waals surface area contributed by atoms with Gasteiger partial charge in [-0.2, -0.15) is 0 Å². The monoisotopic (exact) mass is 264 g/mol. The minimum Gasteiger partial charge on any atom is -0.380 e. The minimum atomic E-state index is 0.0800. The number of rotatable bonds is 4. The van der Waals surface area contributed by atoms with E-state index in [0.29, 0.717) is 24.3 Å². The molecule has 1 amide bonds. The molecule has 19 heavy (non-hydrogen) atoms. The van der Waals surface area contributed by atoms with Crippen molar-refractivity contribution >= 4 is 5.91 Å². The lowest BCUT2D eigenvalue weighted by molar-refractivity contribution is 0.0755. The van der Waals surface area contributed by atoms with Crippen molar-refractivity contribution in [2.24, 2.45) is 5.92 Å². The second kappa shape index (κ2) is 5.32. The number of amides is 1. The fourth-order valence-electron chi connectivity index (χ4n) is 2.92. The number of aromatic nitrogens is 1. The maximum atomic E-state index is 12.3. The van der Waals surface area contributed by atoms with Crippen molar-refractivity contribution in [2.45, 2.75) is 19.0 Å². The molecule has 2 fully saturated rings. The van der Waals surface area contributed by atoms with Crippen LogP contribution in [-0.4, -0.2) is 54.2 Å². The number of likely N-dealkylation sites (tertiary alicyclic amines) is 1. The first-order valence-corrected chi connectivity index (χ1v) is 6.81. The van der Waals surface area contributed by atoms with Crippen molar-refractivity contribution in [3.63, 3.8) is 0 Å². The molecule has 0 aromatic carbocycles. The van der Waals surface area contributed by atoms with E-state index in [4.69, 9.17) is 4.74 Å². The number of nitrogens with zero attached hydrogens (tertiary/aromatic N) is 1. The Balaban J connectivity index is 1.62. The highest BCUT2D eigenvalue weighted by atomic mass is 16.5. The number of H-pyrrole nitrogens is 1. The molecule has 0 bridgehead atoms. The first-order chi connectivity index (χ1) is 9.29. The second-order valence-corrected chi connectivity index (χ2v) is 5.12. The lowest BCUT2D eigenvalue weighted by Gasteiger charge is -2.20. The minimum absolute atomic E-state index is 0.0800. The molecule has 0 radical (unpaired) electrons. The summed E-state index contributed by atoms with van der Waals surface area (Å²) in [6, 6.07) is 4.28. The molecule has 6 heteroatoms. The van der Waals surface area contributed by atoms with Gasteiger partial charge in [0.05, 0.1) is 12.6 Å². The first kappa shape index (κ1) is 12.7. The van der Waals surface area contributed by atoms with E-state index in [9.17, 15) is 4.79 Å². The van der Waals surface area contributed by atoms with Gasteiger partial charge in [-0.1, -0.05) is 0 Å². The zero-order valence-electron chi connectivity index (χ0n) is 11.1. The van der Waals surface area contributed by atoms with Crippen LogP contribution in [0.4, 0.5) is 0 Å². The second-order valence-electron chi connectivity index (χ2n) is 5.12. The van der Waals surface area contributed by atoms with Gasteiger partial charge in [-0.05, 0) is 19.1 Å². The van der Waals surface area contributed by atoms with E-state index in [1.807, 2.05) is 24.0 Å². The fourth-order valence-corrected chi connectivity index (χ4v) is 2.92. The van der Waals surface area contributed by atoms with E-state index in [1.54, 1.807) is 6.20 Å². The van der Waals surface area contributed by atoms with E-state index in [-0.39, 0.29) is 11.9 Å². The van der Waals surface area contributed by atoms with Crippen LogP contribution in [0.1, 0.15) is 17.4 Å². The Labute approximate surface area is 112 Å². The molecule has 0 saturated carbocycles. The normalized spacial score (nSPS) is 29.7. The summed E-state index contributed by atoms with van der Waals surface area (Å²) in [7, 11) is 0. The average molecular weight is 264 g/mol. The average Bonchev–Trinajstić information content (AvgIpc) is 3.12. The van der Waals surface area contributed by atoms with E-state index >= 15 is 0 Å². The number of aromatic amines is 1. The molecule has 1 aromatic heterocycles. The van der Waals surface area contributed by atoms with Crippen LogP contribution in [-0.2, 0) is 4.74 Å². The van der Waals surface area contributed by atoms with Gasteiger partial charge in [0, 0.05) is 37.9 Å². The topological polar surface area (TPSA) is 69.4 Å². The molecule has 1 aromatic rings. The van der Waals surface area contributed by atoms with Crippen LogP contribution in [0.3, 0.4) is 0 Å². The van der Waals surface area contributed by atoms with Crippen molar-refractivity contribution < 1.29 is 9.53 Å². The summed E-state index contributed by atoms with van der Waals surface area (Å²) in [6.45, 7) is 4.93. The molecular weight excluding hydrogens is 244 g/mol. The molecule has 2 aliphatic rings. The third kappa shape index (κ3) is 2.39. The van der Waals surface area contributed by atoms with Crippen molar-refractivity contribution in [1.82, 2.24) is 20.7 Å². The SMILES string of the molecule is CCOCC1NNC2CN(C(=O)c3ccc[nH]3)CC12. The summed E-state index contributed by atoms with van der Waals surface area (Å²) in [4.78, 5) is 17.2. The number of fused-ring (bicyclic) bond motifs is 1. The predicted molar refractivity (Wildman–Crippen MR) is 70.5 cm³/mol. The third-order valence-electron chi connectivity index (χ3n) is 3.95. The Hall–Kier alpha value is -1.37. The summed E-state index contributed by atoms with van der Waals surface area (Å²) in [5.74, 6) is 0.502. The molecule has 3 atom stereocenters. The van der Waals surface area contributed by atoms with Gasteiger partial charge in [0.25, 0.3) is 5.91 Å². The van der Waals surface area contributed by atoms with Gasteiger partial charge < -0.3 is 14.6 Å². The first-order valence-electron chi connectivity index (χ1n) is 6.81. The largest absolute Gasteiger partial charge is 0.380 e. The number of hydrogen-bond acceptors (Lipinski definition) is 4. The van der Waals surface area contributed by atoms with E-state index in [0.717, 1.165) is 19.7 Å². The van der Waals surface area contributed by atoms with E-state index in [2.05, 4.69) is 15.8 Å². The van der Waals surface area contributed by atoms with Gasteiger partial charge in [-0.15, -0.1) is 0 Å². The summed E-state index contributed by atoms with van der Waals surface area (Å²) in [6.07, 6.45) is 1.78. The summed E-state index contributed by atoms with van der Waals surface area (Å²) >= 11 is 0. The molecule has 3 unspecified atom stereocenters. The third-order valence-corrected chi connectivity index (χ3v) is 3.95. The highest BCUT2D eigenvalue weighted by molar-refractivity contribution is 5.92. The molecule has 0 spiro atoms. The van der Waals surface area contributed by atoms with Gasteiger partial charge in [0.2, 0.25) is 0 Å². The zero-order chi connectivity index (χ0) is 13.2. The van der Waals surface area contributed by atoms with Crippen molar-refractivity contribution in [3.8, 4) is 0 Å². The lowest BCUT2D eigenvalue weighted by atomic mass is 9.98. The molecule has 104 valence electrons. The Morgan fingerprint density at radius 2 is 2.37 bits per heavy atom. The van der Waals surface area contributed by atoms with E-state index in [1.165, 1.54) is 0 Å². The lowest BCUT2D eigenvalue weighted by Crippen LogP contribution is -2.42. The summed E-state index contributed by atoms with van der Waals surface area (Å²) < 4.78 is 5.48. The Morgan fingerprint density at radius 3 is 3.11 bits per heavy atom. The van der Waals surface area contributed by atoms with E-state index < -0.39 is 0 Å². The number of ether oxygens (including phenoxy) is 1. The summed E-state index contributed by atoms with van der Waals surface area (Å²) in [5, 5.41) is 0. The van der Waals surface area contributed by atoms with Gasteiger partial charge in [0.1, 0.15) is 5.69 Å². The molecule has 6 nitrogen and oxygen atoms in total. The van der Waals surface area contributed by atoms with Crippen LogP contribution in [0.5, 0.6) is 0 Å². The van der Waals surface area contributed by atoms with Gasteiger partial charge in [-0.25, -0.2) is 0 Å². The molecule has 3 heterocycles. The van der Waals surface area contributed by atoms with Gasteiger partial charge in [-0.3, -0.25) is 15.6 Å². The van der Waals surface area contributed by atoms with Crippen LogP contribution in [0.25, 0.3) is 0 Å². The quantitative estimate of drug-likeness (QED) is 0.714. The Morgan fingerprint density at radius 1 is 1.47 bits per heavy atom. The number of nitrogens with one attached hydrogen (secondary N) is 3. The smallest absolute Gasteiger partial charge is 0.270 e. The fraction of sp³-hybridized carbons (Fsp3) is 0.615.